The first-order valence-electron chi connectivity index (χ1n) is 15.5. The highest BCUT2D eigenvalue weighted by molar-refractivity contribution is 5.71. The third-order valence-electron chi connectivity index (χ3n) is 8.68. The fraction of sp³-hybridized carbons (Fsp3) is 0.719. The zero-order valence-corrected chi connectivity index (χ0v) is 26.7. The highest BCUT2D eigenvalue weighted by Gasteiger charge is 2.57. The quantitative estimate of drug-likeness (QED) is 0.393. The van der Waals surface area contributed by atoms with Crippen LogP contribution in [-0.2, 0) is 20.8 Å². The van der Waals surface area contributed by atoms with Gasteiger partial charge in [-0.25, -0.2) is 23.2 Å². The lowest BCUT2D eigenvalue weighted by molar-refractivity contribution is 0.0425. The van der Waals surface area contributed by atoms with Crippen molar-refractivity contribution >= 4 is 18.3 Å². The van der Waals surface area contributed by atoms with E-state index in [0.717, 1.165) is 5.56 Å². The molecule has 10 nitrogen and oxygen atoms in total. The summed E-state index contributed by atoms with van der Waals surface area (Å²) in [6, 6.07) is 9.37. The molecule has 0 unspecified atom stereocenters. The largest absolute Gasteiger partial charge is 0.445 e. The van der Waals surface area contributed by atoms with E-state index in [2.05, 4.69) is 16.0 Å². The Balaban J connectivity index is 0.000000223. The summed E-state index contributed by atoms with van der Waals surface area (Å²) in [6.45, 7) is 12.7. The van der Waals surface area contributed by atoms with Crippen LogP contribution in [0.1, 0.15) is 72.8 Å². The molecule has 2 aliphatic heterocycles. The Bertz CT molecular complexity index is 1180. The Morgan fingerprint density at radius 3 is 2.02 bits per heavy atom. The number of carbonyl (C=O) groups is 3. The lowest BCUT2D eigenvalue weighted by atomic mass is 9.90. The molecule has 3 amide bonds. The van der Waals surface area contributed by atoms with Gasteiger partial charge in [-0.2, -0.15) is 0 Å². The van der Waals surface area contributed by atoms with Crippen molar-refractivity contribution in [1.29, 1.82) is 0 Å². The highest BCUT2D eigenvalue weighted by atomic mass is 19.1. The number of nitrogens with one attached hydrogen (secondary N) is 3. The van der Waals surface area contributed by atoms with Crippen LogP contribution in [0.3, 0.4) is 0 Å². The summed E-state index contributed by atoms with van der Waals surface area (Å²) in [5.74, 6) is -0.565. The van der Waals surface area contributed by atoms with Crippen molar-refractivity contribution in [1.82, 2.24) is 20.9 Å². The van der Waals surface area contributed by atoms with Crippen molar-refractivity contribution < 1.29 is 37.4 Å². The lowest BCUT2D eigenvalue weighted by Gasteiger charge is -2.31. The predicted molar refractivity (Wildman–Crippen MR) is 161 cm³/mol. The molecule has 0 aromatic heterocycles. The van der Waals surface area contributed by atoms with E-state index in [-0.39, 0.29) is 25.6 Å². The minimum atomic E-state index is -1.06. The molecule has 1 aromatic rings. The van der Waals surface area contributed by atoms with Crippen molar-refractivity contribution in [2.75, 3.05) is 26.2 Å². The number of halogens is 2. The predicted octanol–water partition coefficient (Wildman–Crippen LogP) is 5.25. The van der Waals surface area contributed by atoms with E-state index in [9.17, 15) is 23.2 Å². The van der Waals surface area contributed by atoms with Crippen LogP contribution in [0.4, 0.5) is 23.2 Å². The number of alkyl halides is 2. The zero-order valence-electron chi connectivity index (χ0n) is 26.7. The molecule has 246 valence electrons. The van der Waals surface area contributed by atoms with Crippen LogP contribution in [0.15, 0.2) is 30.3 Å². The first-order chi connectivity index (χ1) is 20.5. The molecule has 6 atom stereocenters. The van der Waals surface area contributed by atoms with Gasteiger partial charge in [0.1, 0.15) is 30.2 Å². The van der Waals surface area contributed by atoms with Gasteiger partial charge < -0.3 is 35.1 Å². The molecular weight excluding hydrogens is 574 g/mol. The van der Waals surface area contributed by atoms with Crippen LogP contribution < -0.4 is 16.0 Å². The van der Waals surface area contributed by atoms with Crippen LogP contribution in [0.2, 0.25) is 0 Å². The molecule has 5 rings (SSSR count). The molecule has 4 fully saturated rings. The van der Waals surface area contributed by atoms with Gasteiger partial charge in [-0.1, -0.05) is 30.3 Å². The van der Waals surface area contributed by atoms with Gasteiger partial charge in [0.05, 0.1) is 11.1 Å². The topological polar surface area (TPSA) is 118 Å². The van der Waals surface area contributed by atoms with E-state index >= 15 is 0 Å². The monoisotopic (exact) mass is 622 g/mol. The van der Waals surface area contributed by atoms with E-state index in [0.29, 0.717) is 38.8 Å². The summed E-state index contributed by atoms with van der Waals surface area (Å²) in [7, 11) is 0. The first-order valence-corrected chi connectivity index (χ1v) is 15.5. The Kier molecular flexibility index (Phi) is 10.0. The SMILES string of the molecule is CC(C)(C)OC(=O)N[C@@]12CC[C@H](F)[C@@H]1CN(C(=O)OCc1ccccc1)C2.CC(C)(C)OC(=O)N[C@@]12CC[C@H](F)[C@@H]1CNC2. The Labute approximate surface area is 258 Å². The number of benzene rings is 1. The number of hydrogen-bond donors (Lipinski definition) is 3. The molecule has 0 bridgehead atoms. The third-order valence-corrected chi connectivity index (χ3v) is 8.68. The maximum absolute atomic E-state index is 14.4. The summed E-state index contributed by atoms with van der Waals surface area (Å²) >= 11 is 0. The number of fused-ring (bicyclic) bond motifs is 2. The molecule has 1 aromatic carbocycles. The molecule has 3 N–H and O–H groups in total. The van der Waals surface area contributed by atoms with Crippen molar-refractivity contribution in [2.24, 2.45) is 11.8 Å². The van der Waals surface area contributed by atoms with Gasteiger partial charge in [0.25, 0.3) is 0 Å². The number of carbonyl (C=O) groups excluding carboxylic acids is 3. The van der Waals surface area contributed by atoms with Crippen LogP contribution in [0, 0.1) is 11.8 Å². The Morgan fingerprint density at radius 2 is 1.43 bits per heavy atom. The van der Waals surface area contributed by atoms with Crippen molar-refractivity contribution in [3.63, 3.8) is 0 Å². The van der Waals surface area contributed by atoms with Gasteiger partial charge in [0.2, 0.25) is 0 Å². The number of nitrogens with zero attached hydrogens (tertiary/aromatic N) is 1. The average Bonchev–Trinajstić information content (AvgIpc) is 3.63. The zero-order chi connectivity index (χ0) is 32.3. The lowest BCUT2D eigenvalue weighted by Crippen LogP contribution is -2.54. The van der Waals surface area contributed by atoms with Crippen LogP contribution in [0.5, 0.6) is 0 Å². The van der Waals surface area contributed by atoms with Crippen LogP contribution in [-0.4, -0.2) is 84.0 Å². The number of amides is 3. The molecule has 2 saturated carbocycles. The minimum Gasteiger partial charge on any atom is -0.445 e. The second kappa shape index (κ2) is 13.1. The number of hydrogen-bond acceptors (Lipinski definition) is 7. The second-order valence-corrected chi connectivity index (χ2v) is 14.4. The molecule has 0 radical (unpaired) electrons. The third kappa shape index (κ3) is 8.31. The molecule has 2 saturated heterocycles. The summed E-state index contributed by atoms with van der Waals surface area (Å²) in [4.78, 5) is 38.0. The summed E-state index contributed by atoms with van der Waals surface area (Å²) in [5, 5.41) is 8.88. The van der Waals surface area contributed by atoms with Gasteiger partial charge in [-0.15, -0.1) is 0 Å². The summed E-state index contributed by atoms with van der Waals surface area (Å²) < 4.78 is 44.0. The Morgan fingerprint density at radius 1 is 0.886 bits per heavy atom. The first kappa shape index (κ1) is 33.7. The van der Waals surface area contributed by atoms with Gasteiger partial charge in [0.15, 0.2) is 0 Å². The summed E-state index contributed by atoms with van der Waals surface area (Å²) in [5.41, 5.74) is -1.52. The van der Waals surface area contributed by atoms with Gasteiger partial charge >= 0.3 is 18.3 Å². The second-order valence-electron chi connectivity index (χ2n) is 14.4. The van der Waals surface area contributed by atoms with Crippen molar-refractivity contribution in [2.45, 2.75) is 108 Å². The normalized spacial score (nSPS) is 30.9. The van der Waals surface area contributed by atoms with Gasteiger partial charge in [-0.05, 0) is 72.8 Å². The van der Waals surface area contributed by atoms with E-state index in [1.807, 2.05) is 51.1 Å². The molecule has 0 spiro atoms. The minimum absolute atomic E-state index is 0.116. The average molecular weight is 623 g/mol. The fourth-order valence-corrected chi connectivity index (χ4v) is 6.74. The van der Waals surface area contributed by atoms with Crippen molar-refractivity contribution in [3.8, 4) is 0 Å². The molecule has 2 aliphatic carbocycles. The highest BCUT2D eigenvalue weighted by Crippen LogP contribution is 2.44. The Hall–Kier alpha value is -3.15. The van der Waals surface area contributed by atoms with Gasteiger partial charge in [-0.3, -0.25) is 0 Å². The van der Waals surface area contributed by atoms with E-state index in [4.69, 9.17) is 14.2 Å². The molecule has 12 heteroatoms. The van der Waals surface area contributed by atoms with E-state index < -0.39 is 58.8 Å². The van der Waals surface area contributed by atoms with Crippen LogP contribution in [0.25, 0.3) is 0 Å². The number of rotatable bonds is 4. The van der Waals surface area contributed by atoms with E-state index in [1.165, 1.54) is 4.90 Å². The maximum atomic E-state index is 14.4. The molecule has 44 heavy (non-hydrogen) atoms. The van der Waals surface area contributed by atoms with Gasteiger partial charge in [0, 0.05) is 38.0 Å². The molecular formula is C32H48F2N4O6. The summed E-state index contributed by atoms with van der Waals surface area (Å²) in [6.07, 6.45) is -1.35. The molecule has 2 heterocycles. The standard InChI is InChI=1S/C20H27FN2O4.C12H21FN2O2/c1-19(2,3)27-17(24)22-20-10-9-16(21)15(20)11-23(13-20)18(25)26-12-14-7-5-4-6-8-14;1-11(2,3)17-10(16)15-12-5-4-9(13)8(12)6-14-7-12/h4-8,15-16H,9-13H2,1-3H3,(H,22,24);8-9,14H,4-7H2,1-3H3,(H,15,16)/t15-,16-,20+;8-,9-,12+/m00/s1. The fourth-order valence-electron chi connectivity index (χ4n) is 6.74. The number of alkyl carbamates (subject to hydrolysis) is 2. The number of ether oxygens (including phenoxy) is 3. The molecule has 4 aliphatic rings. The van der Waals surface area contributed by atoms with E-state index in [1.54, 1.807) is 20.8 Å². The maximum Gasteiger partial charge on any atom is 0.410 e. The smallest absolute Gasteiger partial charge is 0.410 e. The van der Waals surface area contributed by atoms with Crippen molar-refractivity contribution in [3.05, 3.63) is 35.9 Å². The van der Waals surface area contributed by atoms with Crippen LogP contribution >= 0.6 is 0 Å². The number of likely N-dealkylation sites (tertiary alicyclic amines) is 1.